The molecular formula is C32H36ClF2N5O2. The second-order valence-electron chi connectivity index (χ2n) is 11.7. The molecule has 0 spiro atoms. The van der Waals surface area contributed by atoms with Crippen LogP contribution in [0.4, 0.5) is 14.6 Å². The molecule has 1 amide bonds. The third-order valence-corrected chi connectivity index (χ3v) is 9.30. The molecule has 0 bridgehead atoms. The number of aromatic nitrogens is 2. The molecule has 3 heterocycles. The topological polar surface area (TPSA) is 61.8 Å². The van der Waals surface area contributed by atoms with Crippen molar-refractivity contribution in [1.29, 1.82) is 0 Å². The second kappa shape index (κ2) is 11.8. The molecule has 2 aliphatic heterocycles. The number of aryl methyl sites for hydroxylation is 1. The van der Waals surface area contributed by atoms with E-state index in [9.17, 15) is 9.18 Å². The zero-order chi connectivity index (χ0) is 29.5. The number of hydrogen-bond donors (Lipinski definition) is 0. The molecule has 42 heavy (non-hydrogen) atoms. The highest BCUT2D eigenvalue weighted by Gasteiger charge is 2.32. The van der Waals surface area contributed by atoms with Crippen LogP contribution in [0, 0.1) is 5.82 Å². The maximum Gasteiger partial charge on any atom is 0.319 e. The molecule has 6 rings (SSSR count). The molecule has 0 radical (unpaired) electrons. The fraction of sp³-hybridized carbons (Fsp3) is 0.469. The van der Waals surface area contributed by atoms with E-state index in [0.717, 1.165) is 56.2 Å². The van der Waals surface area contributed by atoms with Crippen molar-refractivity contribution in [2.45, 2.75) is 57.5 Å². The monoisotopic (exact) mass is 595 g/mol. The molecule has 2 aromatic carbocycles. The van der Waals surface area contributed by atoms with E-state index in [2.05, 4.69) is 29.6 Å². The highest BCUT2D eigenvalue weighted by molar-refractivity contribution is 6.34. The summed E-state index contributed by atoms with van der Waals surface area (Å²) in [4.78, 5) is 27.3. The molecule has 2 fully saturated rings. The smallest absolute Gasteiger partial charge is 0.319 e. The lowest BCUT2D eigenvalue weighted by Gasteiger charge is -2.40. The number of ether oxygens (including phenoxy) is 1. The van der Waals surface area contributed by atoms with Gasteiger partial charge in [-0.05, 0) is 81.8 Å². The highest BCUT2D eigenvalue weighted by Crippen LogP contribution is 2.42. The Bertz CT molecular complexity index is 1550. The van der Waals surface area contributed by atoms with Gasteiger partial charge in [-0.2, -0.15) is 9.97 Å². The van der Waals surface area contributed by atoms with Crippen LogP contribution in [-0.2, 0) is 17.6 Å². The molecular weight excluding hydrogens is 560 g/mol. The Labute approximate surface area is 250 Å². The number of fused-ring (bicyclic) bond motifs is 2. The van der Waals surface area contributed by atoms with E-state index in [1.807, 2.05) is 24.0 Å². The van der Waals surface area contributed by atoms with Crippen LogP contribution in [0.5, 0.6) is 6.01 Å². The molecule has 3 aliphatic rings. The number of anilines is 1. The average molecular weight is 596 g/mol. The van der Waals surface area contributed by atoms with Crippen molar-refractivity contribution in [2.24, 2.45) is 0 Å². The molecule has 3 aromatic rings. The van der Waals surface area contributed by atoms with Gasteiger partial charge in [-0.25, -0.2) is 8.78 Å². The summed E-state index contributed by atoms with van der Waals surface area (Å²) in [7, 11) is 2.07. The Morgan fingerprint density at radius 1 is 1.17 bits per heavy atom. The normalized spacial score (nSPS) is 21.1. The van der Waals surface area contributed by atoms with Crippen LogP contribution in [0.3, 0.4) is 0 Å². The summed E-state index contributed by atoms with van der Waals surface area (Å²) >= 11 is 6.88. The molecule has 222 valence electrons. The summed E-state index contributed by atoms with van der Waals surface area (Å²) in [6.07, 6.45) is 6.13. The van der Waals surface area contributed by atoms with Crippen molar-refractivity contribution in [3.05, 3.63) is 58.6 Å². The Morgan fingerprint density at radius 2 is 1.98 bits per heavy atom. The predicted octanol–water partition coefficient (Wildman–Crippen LogP) is 5.96. The number of rotatable bonds is 6. The number of amides is 1. The van der Waals surface area contributed by atoms with E-state index in [0.29, 0.717) is 34.9 Å². The third kappa shape index (κ3) is 5.33. The van der Waals surface area contributed by atoms with Gasteiger partial charge in [0.2, 0.25) is 0 Å². The standard InChI is InChI=1S/C32H36ClF2N5O2/c1-19-17-39(31(41)20(2)34)14-15-40(19)30-25-16-26(33)27(24-12-6-9-21-8-4-5-11-23(21)24)28(35)29(25)36-32(37-30)42-18-22-10-7-13-38(22)3/h6,9,12,16,19,22H,2,4-5,7-8,10-11,13-15,17-18H2,1,3H3/t19-,22-/m0/s1. The molecule has 0 unspecified atom stereocenters. The van der Waals surface area contributed by atoms with Gasteiger partial charge in [-0.15, -0.1) is 0 Å². The van der Waals surface area contributed by atoms with Crippen molar-refractivity contribution in [2.75, 3.05) is 44.7 Å². The minimum Gasteiger partial charge on any atom is -0.462 e. The van der Waals surface area contributed by atoms with E-state index in [1.54, 1.807) is 6.07 Å². The summed E-state index contributed by atoms with van der Waals surface area (Å²) in [5.74, 6) is -1.72. The quantitative estimate of drug-likeness (QED) is 0.328. The molecule has 7 nitrogen and oxygen atoms in total. The van der Waals surface area contributed by atoms with Crippen LogP contribution in [0.1, 0.15) is 43.7 Å². The fourth-order valence-electron chi connectivity index (χ4n) is 6.69. The third-order valence-electron chi connectivity index (χ3n) is 9.00. The second-order valence-corrected chi connectivity index (χ2v) is 12.1. The predicted molar refractivity (Wildman–Crippen MR) is 161 cm³/mol. The highest BCUT2D eigenvalue weighted by atomic mass is 35.5. The van der Waals surface area contributed by atoms with Crippen LogP contribution in [0.2, 0.25) is 5.02 Å². The molecule has 2 saturated heterocycles. The number of benzene rings is 2. The van der Waals surface area contributed by atoms with Gasteiger partial charge in [-0.1, -0.05) is 36.4 Å². The van der Waals surface area contributed by atoms with E-state index < -0.39 is 17.6 Å². The largest absolute Gasteiger partial charge is 0.462 e. The van der Waals surface area contributed by atoms with Crippen molar-refractivity contribution in [3.8, 4) is 17.1 Å². The van der Waals surface area contributed by atoms with Gasteiger partial charge in [-0.3, -0.25) is 4.79 Å². The Morgan fingerprint density at radius 3 is 2.71 bits per heavy atom. The van der Waals surface area contributed by atoms with E-state index in [-0.39, 0.29) is 36.7 Å². The average Bonchev–Trinajstić information content (AvgIpc) is 3.40. The van der Waals surface area contributed by atoms with Gasteiger partial charge in [0.1, 0.15) is 17.9 Å². The van der Waals surface area contributed by atoms with Gasteiger partial charge >= 0.3 is 6.01 Å². The molecule has 1 aromatic heterocycles. The van der Waals surface area contributed by atoms with E-state index in [1.165, 1.54) is 10.5 Å². The molecule has 2 atom stereocenters. The minimum atomic E-state index is -0.986. The number of carbonyl (C=O) groups is 1. The van der Waals surface area contributed by atoms with Gasteiger partial charge in [0.05, 0.1) is 5.02 Å². The zero-order valence-electron chi connectivity index (χ0n) is 24.1. The van der Waals surface area contributed by atoms with Gasteiger partial charge < -0.3 is 19.4 Å². The summed E-state index contributed by atoms with van der Waals surface area (Å²) < 4.78 is 36.4. The summed E-state index contributed by atoms with van der Waals surface area (Å²) in [6, 6.07) is 7.85. The van der Waals surface area contributed by atoms with Crippen LogP contribution in [0.25, 0.3) is 22.0 Å². The number of likely N-dealkylation sites (tertiary alicyclic amines) is 1. The number of piperazine rings is 1. The van der Waals surface area contributed by atoms with E-state index >= 15 is 4.39 Å². The van der Waals surface area contributed by atoms with Crippen molar-refractivity contribution < 1.29 is 18.3 Å². The van der Waals surface area contributed by atoms with Gasteiger partial charge in [0.15, 0.2) is 11.6 Å². The summed E-state index contributed by atoms with van der Waals surface area (Å²) in [5, 5.41) is 0.762. The number of halogens is 3. The lowest BCUT2D eigenvalue weighted by atomic mass is 9.85. The summed E-state index contributed by atoms with van der Waals surface area (Å²) in [6.45, 7) is 7.37. The van der Waals surface area contributed by atoms with Crippen LogP contribution >= 0.6 is 11.6 Å². The number of likely N-dealkylation sites (N-methyl/N-ethyl adjacent to an activating group) is 1. The van der Waals surface area contributed by atoms with Crippen LogP contribution < -0.4 is 9.64 Å². The van der Waals surface area contributed by atoms with Crippen molar-refractivity contribution in [1.82, 2.24) is 19.8 Å². The Hall–Kier alpha value is -3.30. The number of carbonyl (C=O) groups excluding carboxylic acids is 1. The van der Waals surface area contributed by atoms with Crippen LogP contribution in [-0.4, -0.2) is 77.6 Å². The SMILES string of the molecule is C=C(F)C(=O)N1CCN(c2nc(OC[C@@H]3CCCN3C)nc3c(F)c(-c4cccc5c4CCCC5)c(Cl)cc23)[C@@H](C)C1. The maximum atomic E-state index is 16.7. The summed E-state index contributed by atoms with van der Waals surface area (Å²) in [5.41, 5.74) is 3.67. The van der Waals surface area contributed by atoms with Crippen molar-refractivity contribution >= 4 is 34.2 Å². The Kier molecular flexibility index (Phi) is 8.07. The molecule has 10 heteroatoms. The first kappa shape index (κ1) is 28.8. The first-order valence-corrected chi connectivity index (χ1v) is 15.1. The molecule has 0 N–H and O–H groups in total. The number of nitrogens with zero attached hydrogens (tertiary/aromatic N) is 5. The fourth-order valence-corrected chi connectivity index (χ4v) is 6.99. The van der Waals surface area contributed by atoms with E-state index in [4.69, 9.17) is 21.3 Å². The van der Waals surface area contributed by atoms with Crippen LogP contribution in [0.15, 0.2) is 36.7 Å². The maximum absolute atomic E-state index is 16.7. The Balaban J connectivity index is 1.45. The molecule has 0 saturated carbocycles. The lowest BCUT2D eigenvalue weighted by Crippen LogP contribution is -2.54. The molecule has 1 aliphatic carbocycles. The number of hydrogen-bond acceptors (Lipinski definition) is 6. The first-order valence-electron chi connectivity index (χ1n) is 14.8. The minimum absolute atomic E-state index is 0.0999. The lowest BCUT2D eigenvalue weighted by molar-refractivity contribution is -0.129. The van der Waals surface area contributed by atoms with Gasteiger partial charge in [0.25, 0.3) is 5.91 Å². The van der Waals surface area contributed by atoms with Crippen molar-refractivity contribution in [3.63, 3.8) is 0 Å². The zero-order valence-corrected chi connectivity index (χ0v) is 24.9. The first-order chi connectivity index (χ1) is 20.2. The van der Waals surface area contributed by atoms with Gasteiger partial charge in [0, 0.05) is 42.7 Å².